The molecule has 2 heterocycles. The van der Waals surface area contributed by atoms with Gasteiger partial charge < -0.3 is 4.74 Å². The molecule has 2 aromatic rings. The number of hydrogen-bond acceptors (Lipinski definition) is 5. The Bertz CT molecular complexity index is 607. The van der Waals surface area contributed by atoms with Crippen LogP contribution in [0.5, 0.6) is 0 Å². The molecule has 0 N–H and O–H groups in total. The smallest absolute Gasteiger partial charge is 0.339 e. The van der Waals surface area contributed by atoms with Crippen LogP contribution in [0.3, 0.4) is 0 Å². The monoisotopic (exact) mass is 245 g/mol. The normalized spacial score (nSPS) is 10.1. The predicted octanol–water partition coefficient (Wildman–Crippen LogP) is 0.804. The number of aromatic nitrogens is 3. The first kappa shape index (κ1) is 12.0. The van der Waals surface area contributed by atoms with Gasteiger partial charge in [-0.1, -0.05) is 0 Å². The highest BCUT2D eigenvalue weighted by molar-refractivity contribution is 5.89. The Kier molecular flexibility index (Phi) is 3.47. The molecule has 92 valence electrons. The Morgan fingerprint density at radius 2 is 2.06 bits per heavy atom. The maximum atomic E-state index is 11.7. The largest absolute Gasteiger partial charge is 0.462 e. The molecule has 0 fully saturated rings. The fraction of sp³-hybridized carbons (Fsp3) is 0.167. The summed E-state index contributed by atoms with van der Waals surface area (Å²) in [5, 5.41) is 0. The molecule has 0 aliphatic carbocycles. The van der Waals surface area contributed by atoms with E-state index in [1.807, 2.05) is 0 Å². The molecule has 0 aromatic carbocycles. The summed E-state index contributed by atoms with van der Waals surface area (Å²) in [4.78, 5) is 31.2. The average molecular weight is 245 g/mol. The molecule has 18 heavy (non-hydrogen) atoms. The lowest BCUT2D eigenvalue weighted by atomic mass is 10.3. The summed E-state index contributed by atoms with van der Waals surface area (Å²) in [5.74, 6) is -0.268. The standard InChI is InChI=1S/C12H11N3O3/c1-2-18-11(17)9-4-5-10(16)15(8-9)12-13-6-3-7-14-12/h3-8H,2H2,1H3. The van der Waals surface area contributed by atoms with E-state index in [9.17, 15) is 9.59 Å². The first-order valence-electron chi connectivity index (χ1n) is 5.39. The summed E-state index contributed by atoms with van der Waals surface area (Å²) in [6.07, 6.45) is 4.41. The summed E-state index contributed by atoms with van der Waals surface area (Å²) < 4.78 is 6.06. The Hall–Kier alpha value is -2.50. The second-order valence-corrected chi connectivity index (χ2v) is 3.40. The molecular formula is C12H11N3O3. The summed E-state index contributed by atoms with van der Waals surface area (Å²) in [7, 11) is 0. The topological polar surface area (TPSA) is 74.1 Å². The number of carbonyl (C=O) groups excluding carboxylic acids is 1. The van der Waals surface area contributed by atoms with Gasteiger partial charge in [0.25, 0.3) is 5.56 Å². The number of esters is 1. The molecule has 0 aliphatic heterocycles. The molecule has 2 rings (SSSR count). The number of ether oxygens (including phenoxy) is 1. The van der Waals surface area contributed by atoms with Gasteiger partial charge in [0.2, 0.25) is 5.95 Å². The fourth-order valence-electron chi connectivity index (χ4n) is 1.39. The van der Waals surface area contributed by atoms with Crippen molar-refractivity contribution in [2.75, 3.05) is 6.61 Å². The van der Waals surface area contributed by atoms with E-state index in [-0.39, 0.29) is 23.7 Å². The third kappa shape index (κ3) is 2.42. The molecular weight excluding hydrogens is 234 g/mol. The van der Waals surface area contributed by atoms with E-state index in [1.54, 1.807) is 13.0 Å². The molecule has 6 heteroatoms. The Morgan fingerprint density at radius 3 is 2.72 bits per heavy atom. The lowest BCUT2D eigenvalue weighted by molar-refractivity contribution is 0.0525. The Balaban J connectivity index is 2.46. The van der Waals surface area contributed by atoms with Crippen molar-refractivity contribution < 1.29 is 9.53 Å². The molecule has 0 bridgehead atoms. The van der Waals surface area contributed by atoms with Gasteiger partial charge >= 0.3 is 5.97 Å². The highest BCUT2D eigenvalue weighted by Crippen LogP contribution is 2.02. The maximum Gasteiger partial charge on any atom is 0.339 e. The van der Waals surface area contributed by atoms with Crippen LogP contribution in [0.15, 0.2) is 41.6 Å². The second-order valence-electron chi connectivity index (χ2n) is 3.40. The molecule has 0 radical (unpaired) electrons. The van der Waals surface area contributed by atoms with Crippen LogP contribution in [0.4, 0.5) is 0 Å². The van der Waals surface area contributed by atoms with E-state index in [2.05, 4.69) is 9.97 Å². The van der Waals surface area contributed by atoms with Gasteiger partial charge in [0.05, 0.1) is 12.2 Å². The minimum atomic E-state index is -0.484. The van der Waals surface area contributed by atoms with E-state index in [0.717, 1.165) is 0 Å². The van der Waals surface area contributed by atoms with Gasteiger partial charge in [-0.25, -0.2) is 14.8 Å². The van der Waals surface area contributed by atoms with Crippen LogP contribution >= 0.6 is 0 Å². The zero-order valence-electron chi connectivity index (χ0n) is 9.74. The fourth-order valence-corrected chi connectivity index (χ4v) is 1.39. The van der Waals surface area contributed by atoms with Gasteiger partial charge in [-0.05, 0) is 19.1 Å². The number of carbonyl (C=O) groups is 1. The summed E-state index contributed by atoms with van der Waals surface area (Å²) in [6, 6.07) is 4.34. The van der Waals surface area contributed by atoms with Crippen molar-refractivity contribution in [3.63, 3.8) is 0 Å². The van der Waals surface area contributed by atoms with Gasteiger partial charge in [0.15, 0.2) is 0 Å². The van der Waals surface area contributed by atoms with Gasteiger partial charge in [0, 0.05) is 24.7 Å². The van der Waals surface area contributed by atoms with E-state index < -0.39 is 5.97 Å². The van der Waals surface area contributed by atoms with E-state index in [1.165, 1.54) is 35.3 Å². The van der Waals surface area contributed by atoms with Crippen molar-refractivity contribution in [2.24, 2.45) is 0 Å². The van der Waals surface area contributed by atoms with E-state index in [4.69, 9.17) is 4.74 Å². The highest BCUT2D eigenvalue weighted by atomic mass is 16.5. The van der Waals surface area contributed by atoms with Crippen LogP contribution in [0.2, 0.25) is 0 Å². The van der Waals surface area contributed by atoms with E-state index in [0.29, 0.717) is 0 Å². The first-order valence-corrected chi connectivity index (χ1v) is 5.39. The van der Waals surface area contributed by atoms with Gasteiger partial charge in [-0.3, -0.25) is 9.36 Å². The molecule has 0 amide bonds. The second kappa shape index (κ2) is 5.22. The summed E-state index contributed by atoms with van der Waals surface area (Å²) >= 11 is 0. The van der Waals surface area contributed by atoms with Crippen LogP contribution in [-0.2, 0) is 4.74 Å². The van der Waals surface area contributed by atoms with Gasteiger partial charge in [-0.2, -0.15) is 0 Å². The zero-order chi connectivity index (χ0) is 13.0. The van der Waals surface area contributed by atoms with Gasteiger partial charge in [0.1, 0.15) is 0 Å². The average Bonchev–Trinajstić information content (AvgIpc) is 2.40. The van der Waals surface area contributed by atoms with Crippen LogP contribution in [0.1, 0.15) is 17.3 Å². The third-order valence-corrected chi connectivity index (χ3v) is 2.19. The molecule has 0 spiro atoms. The number of hydrogen-bond donors (Lipinski definition) is 0. The van der Waals surface area contributed by atoms with Crippen molar-refractivity contribution in [2.45, 2.75) is 6.92 Å². The summed E-state index contributed by atoms with van der Waals surface area (Å²) in [6.45, 7) is 1.99. The predicted molar refractivity (Wildman–Crippen MR) is 63.6 cm³/mol. The van der Waals surface area contributed by atoms with Crippen molar-refractivity contribution in [1.82, 2.24) is 14.5 Å². The third-order valence-electron chi connectivity index (χ3n) is 2.19. The molecule has 6 nitrogen and oxygen atoms in total. The van der Waals surface area contributed by atoms with Crippen molar-refractivity contribution in [3.05, 3.63) is 52.7 Å². The highest BCUT2D eigenvalue weighted by Gasteiger charge is 2.10. The van der Waals surface area contributed by atoms with Crippen LogP contribution in [0.25, 0.3) is 5.95 Å². The molecule has 0 atom stereocenters. The SMILES string of the molecule is CCOC(=O)c1ccc(=O)n(-c2ncccn2)c1. The minimum Gasteiger partial charge on any atom is -0.462 e. The van der Waals surface area contributed by atoms with Crippen LogP contribution < -0.4 is 5.56 Å². The maximum absolute atomic E-state index is 11.7. The van der Waals surface area contributed by atoms with Crippen LogP contribution in [-0.4, -0.2) is 27.1 Å². The van der Waals surface area contributed by atoms with E-state index >= 15 is 0 Å². The quantitative estimate of drug-likeness (QED) is 0.748. The Morgan fingerprint density at radius 1 is 1.33 bits per heavy atom. The molecule has 0 aliphatic rings. The first-order chi connectivity index (χ1) is 8.72. The molecule has 2 aromatic heterocycles. The number of pyridine rings is 1. The molecule has 0 saturated carbocycles. The lowest BCUT2D eigenvalue weighted by Crippen LogP contribution is -2.20. The van der Waals surface area contributed by atoms with Crippen molar-refractivity contribution >= 4 is 5.97 Å². The number of nitrogens with zero attached hydrogens (tertiary/aromatic N) is 3. The van der Waals surface area contributed by atoms with Crippen molar-refractivity contribution in [3.8, 4) is 5.95 Å². The lowest BCUT2D eigenvalue weighted by Gasteiger charge is -2.05. The number of rotatable bonds is 3. The molecule has 0 saturated heterocycles. The van der Waals surface area contributed by atoms with Crippen LogP contribution in [0, 0.1) is 0 Å². The van der Waals surface area contributed by atoms with Gasteiger partial charge in [-0.15, -0.1) is 0 Å². The van der Waals surface area contributed by atoms with Crippen molar-refractivity contribution in [1.29, 1.82) is 0 Å². The minimum absolute atomic E-state index is 0.216. The molecule has 0 unspecified atom stereocenters. The Labute approximate surface area is 103 Å². The summed E-state index contributed by atoms with van der Waals surface area (Å²) in [5.41, 5.74) is -0.0295. The zero-order valence-corrected chi connectivity index (χ0v) is 9.74.